The summed E-state index contributed by atoms with van der Waals surface area (Å²) in [7, 11) is 0. The van der Waals surface area contributed by atoms with E-state index in [1.165, 1.54) is 0 Å². The highest BCUT2D eigenvalue weighted by Crippen LogP contribution is 2.24. The molecule has 0 aliphatic heterocycles. The minimum absolute atomic E-state index is 0.00210. The van der Waals surface area contributed by atoms with Crippen molar-refractivity contribution < 1.29 is 5.11 Å². The predicted molar refractivity (Wildman–Crippen MR) is 98.8 cm³/mol. The Morgan fingerprint density at radius 2 is 1.92 bits per heavy atom. The van der Waals surface area contributed by atoms with Crippen LogP contribution in [0, 0.1) is 13.8 Å². The number of aliphatic hydroxyl groups is 1. The van der Waals surface area contributed by atoms with Crippen LogP contribution in [0.4, 0.5) is 0 Å². The van der Waals surface area contributed by atoms with Gasteiger partial charge in [-0.25, -0.2) is 0 Å². The summed E-state index contributed by atoms with van der Waals surface area (Å²) in [5.41, 5.74) is 5.56. The van der Waals surface area contributed by atoms with Crippen molar-refractivity contribution in [3.05, 3.63) is 74.2 Å². The molecule has 3 aromatic rings. The lowest BCUT2D eigenvalue weighted by Gasteiger charge is -2.09. The van der Waals surface area contributed by atoms with E-state index < -0.39 is 0 Å². The molecule has 24 heavy (non-hydrogen) atoms. The van der Waals surface area contributed by atoms with Crippen LogP contribution in [0.2, 0.25) is 0 Å². The summed E-state index contributed by atoms with van der Waals surface area (Å²) >= 11 is 3.34. The first-order valence-corrected chi connectivity index (χ1v) is 8.36. The summed E-state index contributed by atoms with van der Waals surface area (Å²) < 4.78 is 0.544. The number of aliphatic hydroxyl groups excluding tert-OH is 1. The first kappa shape index (κ1) is 16.6. The standard InChI is InChI=1S/C19H17BrN2O2/c1-11-17(19(24)18(20)12(2)22-11)15-6-7-16(21-9-15)14-5-3-4-13(8-14)10-23/h3-9,23H,10H2,1-2H3,(H,22,24). The SMILES string of the molecule is Cc1[nH]c(C)c(-c2ccc(-c3cccc(CO)c3)nc2)c(=O)c1Br. The third-order valence-corrected chi connectivity index (χ3v) is 4.92. The Morgan fingerprint density at radius 3 is 2.58 bits per heavy atom. The van der Waals surface area contributed by atoms with Crippen LogP contribution < -0.4 is 5.43 Å². The van der Waals surface area contributed by atoms with E-state index in [9.17, 15) is 9.90 Å². The molecule has 2 aromatic heterocycles. The molecule has 0 fully saturated rings. The van der Waals surface area contributed by atoms with Crippen LogP contribution >= 0.6 is 15.9 Å². The lowest BCUT2D eigenvalue weighted by atomic mass is 10.0. The van der Waals surface area contributed by atoms with Gasteiger partial charge in [-0.2, -0.15) is 0 Å². The van der Waals surface area contributed by atoms with E-state index in [1.807, 2.05) is 50.2 Å². The number of rotatable bonds is 3. The number of nitrogens with zero attached hydrogens (tertiary/aromatic N) is 1. The fourth-order valence-corrected chi connectivity index (χ4v) is 3.04. The van der Waals surface area contributed by atoms with E-state index in [0.29, 0.717) is 10.0 Å². The van der Waals surface area contributed by atoms with Gasteiger partial charge in [-0.1, -0.05) is 24.3 Å². The molecule has 0 radical (unpaired) electrons. The van der Waals surface area contributed by atoms with Crippen LogP contribution in [-0.4, -0.2) is 15.1 Å². The lowest BCUT2D eigenvalue weighted by Crippen LogP contribution is -2.12. The molecule has 0 aliphatic rings. The van der Waals surface area contributed by atoms with Gasteiger partial charge in [0.25, 0.3) is 0 Å². The topological polar surface area (TPSA) is 66.0 Å². The van der Waals surface area contributed by atoms with Gasteiger partial charge in [-0.3, -0.25) is 9.78 Å². The van der Waals surface area contributed by atoms with E-state index in [-0.39, 0.29) is 12.0 Å². The van der Waals surface area contributed by atoms with Gasteiger partial charge in [0.2, 0.25) is 5.43 Å². The molecule has 0 atom stereocenters. The summed E-state index contributed by atoms with van der Waals surface area (Å²) in [6.45, 7) is 3.74. The summed E-state index contributed by atoms with van der Waals surface area (Å²) in [5.74, 6) is 0. The van der Waals surface area contributed by atoms with Crippen molar-refractivity contribution in [3.8, 4) is 22.4 Å². The van der Waals surface area contributed by atoms with Crippen molar-refractivity contribution in [1.82, 2.24) is 9.97 Å². The van der Waals surface area contributed by atoms with Gasteiger partial charge in [0.05, 0.1) is 22.3 Å². The van der Waals surface area contributed by atoms with Crippen LogP contribution in [0.15, 0.2) is 51.9 Å². The van der Waals surface area contributed by atoms with Crippen LogP contribution in [0.25, 0.3) is 22.4 Å². The molecule has 122 valence electrons. The van der Waals surface area contributed by atoms with Crippen molar-refractivity contribution in [2.24, 2.45) is 0 Å². The number of benzene rings is 1. The molecule has 4 nitrogen and oxygen atoms in total. The Labute approximate surface area is 148 Å². The molecule has 0 bridgehead atoms. The molecule has 2 N–H and O–H groups in total. The van der Waals surface area contributed by atoms with E-state index in [2.05, 4.69) is 25.9 Å². The zero-order valence-electron chi connectivity index (χ0n) is 13.4. The van der Waals surface area contributed by atoms with E-state index >= 15 is 0 Å². The second-order valence-corrected chi connectivity index (χ2v) is 6.48. The van der Waals surface area contributed by atoms with E-state index in [0.717, 1.165) is 33.8 Å². The van der Waals surface area contributed by atoms with Crippen LogP contribution in [0.1, 0.15) is 17.0 Å². The molecule has 0 unspecified atom stereocenters. The molecule has 1 aromatic carbocycles. The number of pyridine rings is 2. The number of aromatic nitrogens is 2. The molecular weight excluding hydrogens is 368 g/mol. The summed E-state index contributed by atoms with van der Waals surface area (Å²) in [4.78, 5) is 20.2. The fourth-order valence-electron chi connectivity index (χ4n) is 2.74. The van der Waals surface area contributed by atoms with Gasteiger partial charge in [0.15, 0.2) is 0 Å². The number of nitrogens with one attached hydrogen (secondary N) is 1. The van der Waals surface area contributed by atoms with E-state index in [1.54, 1.807) is 6.20 Å². The fraction of sp³-hybridized carbons (Fsp3) is 0.158. The smallest absolute Gasteiger partial charge is 0.204 e. The summed E-state index contributed by atoms with van der Waals surface area (Å²) in [5, 5.41) is 9.25. The molecule has 0 aliphatic carbocycles. The van der Waals surface area contributed by atoms with Gasteiger partial charge >= 0.3 is 0 Å². The highest BCUT2D eigenvalue weighted by molar-refractivity contribution is 9.10. The highest BCUT2D eigenvalue weighted by Gasteiger charge is 2.13. The number of hydrogen-bond acceptors (Lipinski definition) is 3. The molecule has 0 spiro atoms. The zero-order chi connectivity index (χ0) is 17.3. The average molecular weight is 385 g/mol. The zero-order valence-corrected chi connectivity index (χ0v) is 15.0. The maximum Gasteiger partial charge on any atom is 0.204 e. The second-order valence-electron chi connectivity index (χ2n) is 5.68. The van der Waals surface area contributed by atoms with Crippen molar-refractivity contribution in [2.75, 3.05) is 0 Å². The molecule has 0 amide bonds. The van der Waals surface area contributed by atoms with Gasteiger partial charge in [0, 0.05) is 28.7 Å². The number of halogens is 1. The Morgan fingerprint density at radius 1 is 1.12 bits per heavy atom. The first-order valence-electron chi connectivity index (χ1n) is 7.57. The number of aromatic amines is 1. The summed E-state index contributed by atoms with van der Waals surface area (Å²) in [6, 6.07) is 11.4. The number of aryl methyl sites for hydroxylation is 2. The van der Waals surface area contributed by atoms with Crippen molar-refractivity contribution >= 4 is 15.9 Å². The summed E-state index contributed by atoms with van der Waals surface area (Å²) in [6.07, 6.45) is 1.71. The lowest BCUT2D eigenvalue weighted by molar-refractivity contribution is 0.282. The van der Waals surface area contributed by atoms with Crippen molar-refractivity contribution in [2.45, 2.75) is 20.5 Å². The Bertz CT molecular complexity index is 947. The molecule has 3 rings (SSSR count). The predicted octanol–water partition coefficient (Wildman–Crippen LogP) is 3.98. The highest BCUT2D eigenvalue weighted by atomic mass is 79.9. The molecule has 0 saturated heterocycles. The molecule has 5 heteroatoms. The molecular formula is C19H17BrN2O2. The first-order chi connectivity index (χ1) is 11.5. The third-order valence-electron chi connectivity index (χ3n) is 3.96. The van der Waals surface area contributed by atoms with Crippen LogP contribution in [-0.2, 0) is 6.61 Å². The van der Waals surface area contributed by atoms with Crippen LogP contribution in [0.5, 0.6) is 0 Å². The average Bonchev–Trinajstić information content (AvgIpc) is 2.60. The maximum absolute atomic E-state index is 12.5. The maximum atomic E-state index is 12.5. The number of H-pyrrole nitrogens is 1. The largest absolute Gasteiger partial charge is 0.392 e. The normalized spacial score (nSPS) is 10.8. The molecule has 0 saturated carbocycles. The van der Waals surface area contributed by atoms with Crippen LogP contribution in [0.3, 0.4) is 0 Å². The molecule has 2 heterocycles. The Balaban J connectivity index is 2.05. The quantitative estimate of drug-likeness (QED) is 0.717. The van der Waals surface area contributed by atoms with E-state index in [4.69, 9.17) is 0 Å². The van der Waals surface area contributed by atoms with Gasteiger partial charge in [0.1, 0.15) is 0 Å². The van der Waals surface area contributed by atoms with Crippen molar-refractivity contribution in [1.29, 1.82) is 0 Å². The Hall–Kier alpha value is -2.24. The monoisotopic (exact) mass is 384 g/mol. The van der Waals surface area contributed by atoms with Gasteiger partial charge in [-0.05, 0) is 47.5 Å². The second kappa shape index (κ2) is 6.71. The minimum Gasteiger partial charge on any atom is -0.392 e. The van der Waals surface area contributed by atoms with Gasteiger partial charge in [-0.15, -0.1) is 0 Å². The number of hydrogen-bond donors (Lipinski definition) is 2. The third kappa shape index (κ3) is 3.05. The van der Waals surface area contributed by atoms with Gasteiger partial charge < -0.3 is 10.1 Å². The minimum atomic E-state index is -0.0411. The van der Waals surface area contributed by atoms with Crippen molar-refractivity contribution in [3.63, 3.8) is 0 Å². The Kier molecular flexibility index (Phi) is 4.64.